The normalized spacial score (nSPS) is 11.7. The summed E-state index contributed by atoms with van der Waals surface area (Å²) in [7, 11) is -2.12. The van der Waals surface area contributed by atoms with Crippen molar-refractivity contribution in [2.24, 2.45) is 0 Å². The molecule has 2 radical (unpaired) electrons. The molecule has 0 heterocycles. The first kappa shape index (κ1) is 16.3. The molecule has 0 aliphatic carbocycles. The van der Waals surface area contributed by atoms with Gasteiger partial charge in [-0.25, -0.2) is 0 Å². The Kier molecular flexibility index (Phi) is 4.53. The molecule has 0 amide bonds. The van der Waals surface area contributed by atoms with Crippen molar-refractivity contribution in [1.82, 2.24) is 0 Å². The maximum absolute atomic E-state index is 6.64. The van der Waals surface area contributed by atoms with Crippen molar-refractivity contribution in [2.75, 3.05) is 0 Å². The second kappa shape index (κ2) is 6.96. The van der Waals surface area contributed by atoms with E-state index in [1.165, 1.54) is 31.9 Å². The minimum Gasteiger partial charge on any atom is -0.449 e. The van der Waals surface area contributed by atoms with Crippen LogP contribution in [0, 0.1) is 0 Å². The standard InChI is InChI=1S/C22H20OSi2/c1-24(21-15-7-11-17-9-3-5-13-19(17)21)23-25(2)22-16-8-12-18-10-4-6-14-20(18)22/h3-16H,1-2H3. The van der Waals surface area contributed by atoms with E-state index in [9.17, 15) is 0 Å². The molecule has 0 spiro atoms. The Hall–Kier alpha value is -2.21. The van der Waals surface area contributed by atoms with Crippen LogP contribution in [0.4, 0.5) is 0 Å². The van der Waals surface area contributed by atoms with E-state index >= 15 is 0 Å². The van der Waals surface area contributed by atoms with Gasteiger partial charge in [-0.05, 0) is 45.0 Å². The Bertz CT molecular complexity index is 935. The number of hydrogen-bond acceptors (Lipinski definition) is 1. The summed E-state index contributed by atoms with van der Waals surface area (Å²) in [4.78, 5) is 0. The molecule has 4 aromatic carbocycles. The van der Waals surface area contributed by atoms with Gasteiger partial charge in [-0.2, -0.15) is 0 Å². The van der Waals surface area contributed by atoms with Crippen LogP contribution in [-0.4, -0.2) is 18.1 Å². The lowest BCUT2D eigenvalue weighted by atomic mass is 10.1. The molecule has 0 aliphatic heterocycles. The molecule has 122 valence electrons. The van der Waals surface area contributed by atoms with E-state index in [0.29, 0.717) is 0 Å². The predicted octanol–water partition coefficient (Wildman–Crippen LogP) is 4.37. The van der Waals surface area contributed by atoms with Crippen molar-refractivity contribution >= 4 is 50.0 Å². The zero-order chi connectivity index (χ0) is 17.2. The maximum atomic E-state index is 6.64. The lowest BCUT2D eigenvalue weighted by molar-refractivity contribution is 0.622. The van der Waals surface area contributed by atoms with Crippen molar-refractivity contribution in [3.05, 3.63) is 84.9 Å². The van der Waals surface area contributed by atoms with Crippen molar-refractivity contribution in [3.63, 3.8) is 0 Å². The van der Waals surface area contributed by atoms with Gasteiger partial charge in [0.1, 0.15) is 0 Å². The molecular weight excluding hydrogens is 336 g/mol. The fraction of sp³-hybridized carbons (Fsp3) is 0.0909. The van der Waals surface area contributed by atoms with E-state index in [4.69, 9.17) is 4.12 Å². The molecule has 0 aliphatic rings. The Labute approximate surface area is 152 Å². The minimum absolute atomic E-state index is 1.06. The van der Waals surface area contributed by atoms with Crippen LogP contribution in [0.15, 0.2) is 84.9 Å². The van der Waals surface area contributed by atoms with E-state index in [-0.39, 0.29) is 0 Å². The van der Waals surface area contributed by atoms with Crippen LogP contribution < -0.4 is 10.4 Å². The summed E-state index contributed by atoms with van der Waals surface area (Å²) in [6, 6.07) is 30.3. The predicted molar refractivity (Wildman–Crippen MR) is 111 cm³/mol. The molecule has 4 rings (SSSR count). The zero-order valence-corrected chi connectivity index (χ0v) is 16.5. The zero-order valence-electron chi connectivity index (χ0n) is 14.5. The monoisotopic (exact) mass is 356 g/mol. The third-order valence-electron chi connectivity index (χ3n) is 4.64. The third kappa shape index (κ3) is 3.18. The van der Waals surface area contributed by atoms with Crippen molar-refractivity contribution in [3.8, 4) is 0 Å². The molecule has 0 N–H and O–H groups in total. The maximum Gasteiger partial charge on any atom is 0.232 e. The van der Waals surface area contributed by atoms with Gasteiger partial charge in [-0.1, -0.05) is 84.9 Å². The second-order valence-corrected chi connectivity index (χ2v) is 10.4. The van der Waals surface area contributed by atoms with Crippen LogP contribution in [0.2, 0.25) is 13.1 Å². The van der Waals surface area contributed by atoms with Crippen LogP contribution in [0.25, 0.3) is 21.5 Å². The van der Waals surface area contributed by atoms with Gasteiger partial charge in [0.2, 0.25) is 18.1 Å². The van der Waals surface area contributed by atoms with Crippen LogP contribution in [0.1, 0.15) is 0 Å². The van der Waals surface area contributed by atoms with E-state index in [1.54, 1.807) is 0 Å². The molecule has 0 saturated carbocycles. The highest BCUT2D eigenvalue weighted by molar-refractivity contribution is 6.81. The Morgan fingerprint density at radius 3 is 1.40 bits per heavy atom. The van der Waals surface area contributed by atoms with Gasteiger partial charge in [0.05, 0.1) is 0 Å². The van der Waals surface area contributed by atoms with Gasteiger partial charge in [0.25, 0.3) is 0 Å². The average molecular weight is 357 g/mol. The highest BCUT2D eigenvalue weighted by atomic mass is 28.4. The fourth-order valence-corrected chi connectivity index (χ4v) is 8.00. The van der Waals surface area contributed by atoms with Gasteiger partial charge in [0.15, 0.2) is 0 Å². The topological polar surface area (TPSA) is 9.23 Å². The summed E-state index contributed by atoms with van der Waals surface area (Å²) in [6.45, 7) is 4.54. The van der Waals surface area contributed by atoms with Gasteiger partial charge in [-0.15, -0.1) is 0 Å². The molecule has 0 unspecified atom stereocenters. The van der Waals surface area contributed by atoms with Gasteiger partial charge >= 0.3 is 0 Å². The van der Waals surface area contributed by atoms with Gasteiger partial charge in [0, 0.05) is 0 Å². The summed E-state index contributed by atoms with van der Waals surface area (Å²) in [5.74, 6) is 0. The fourth-order valence-electron chi connectivity index (χ4n) is 3.40. The van der Waals surface area contributed by atoms with Crippen LogP contribution in [-0.2, 0) is 4.12 Å². The first-order valence-corrected chi connectivity index (χ1v) is 12.4. The molecule has 3 heteroatoms. The lowest BCUT2D eigenvalue weighted by Crippen LogP contribution is -2.41. The number of benzene rings is 4. The Morgan fingerprint density at radius 2 is 0.920 bits per heavy atom. The SMILES string of the molecule is C[Si](O[Si](C)c1cccc2ccccc12)c1cccc2ccccc12. The molecule has 0 atom stereocenters. The first-order valence-electron chi connectivity index (χ1n) is 8.55. The van der Waals surface area contributed by atoms with Crippen LogP contribution in [0.3, 0.4) is 0 Å². The van der Waals surface area contributed by atoms with E-state index < -0.39 is 18.1 Å². The average Bonchev–Trinajstić information content (AvgIpc) is 2.67. The van der Waals surface area contributed by atoms with E-state index in [2.05, 4.69) is 98.0 Å². The van der Waals surface area contributed by atoms with Crippen LogP contribution in [0.5, 0.6) is 0 Å². The molecule has 0 saturated heterocycles. The molecule has 0 aromatic heterocycles. The molecule has 25 heavy (non-hydrogen) atoms. The highest BCUT2D eigenvalue weighted by Crippen LogP contribution is 2.14. The number of fused-ring (bicyclic) bond motifs is 2. The summed E-state index contributed by atoms with van der Waals surface area (Å²) in [5, 5.41) is 7.98. The third-order valence-corrected chi connectivity index (χ3v) is 9.48. The largest absolute Gasteiger partial charge is 0.449 e. The Balaban J connectivity index is 1.66. The van der Waals surface area contributed by atoms with E-state index in [0.717, 1.165) is 0 Å². The molecule has 0 bridgehead atoms. The molecule has 0 fully saturated rings. The second-order valence-electron chi connectivity index (χ2n) is 6.27. The summed E-state index contributed by atoms with van der Waals surface area (Å²) < 4.78 is 6.64. The quantitative estimate of drug-likeness (QED) is 0.494. The minimum atomic E-state index is -1.06. The van der Waals surface area contributed by atoms with Crippen molar-refractivity contribution in [1.29, 1.82) is 0 Å². The Morgan fingerprint density at radius 1 is 0.520 bits per heavy atom. The van der Waals surface area contributed by atoms with Gasteiger partial charge in [-0.3, -0.25) is 0 Å². The smallest absolute Gasteiger partial charge is 0.232 e. The molecule has 1 nitrogen and oxygen atoms in total. The van der Waals surface area contributed by atoms with Gasteiger partial charge < -0.3 is 4.12 Å². The highest BCUT2D eigenvalue weighted by Gasteiger charge is 2.20. The summed E-state index contributed by atoms with van der Waals surface area (Å²) in [6.07, 6.45) is 0. The van der Waals surface area contributed by atoms with Crippen LogP contribution >= 0.6 is 0 Å². The number of rotatable bonds is 4. The molecular formula is C22H20OSi2. The molecule has 4 aromatic rings. The lowest BCUT2D eigenvalue weighted by Gasteiger charge is -2.19. The first-order chi connectivity index (χ1) is 12.2. The summed E-state index contributed by atoms with van der Waals surface area (Å²) in [5.41, 5.74) is 0. The number of hydrogen-bond donors (Lipinski definition) is 0. The van der Waals surface area contributed by atoms with E-state index in [1.807, 2.05) is 0 Å². The van der Waals surface area contributed by atoms with Crippen molar-refractivity contribution < 1.29 is 4.12 Å². The summed E-state index contributed by atoms with van der Waals surface area (Å²) >= 11 is 0. The van der Waals surface area contributed by atoms with Crippen molar-refractivity contribution in [2.45, 2.75) is 13.1 Å².